The number of amides is 1. The Hall–Kier alpha value is -1.26. The first kappa shape index (κ1) is 17.8. The number of nitrogens with zero attached hydrogens (tertiary/aromatic N) is 1. The Balaban J connectivity index is 0.00000220. The molecule has 0 atom stereocenters. The molecule has 1 amide bonds. The van der Waals surface area contributed by atoms with Crippen LogP contribution in [0.5, 0.6) is 5.75 Å². The summed E-state index contributed by atoms with van der Waals surface area (Å²) < 4.78 is 5.51. The van der Waals surface area contributed by atoms with Gasteiger partial charge in [0, 0.05) is 13.1 Å². The number of halogens is 1. The topological polar surface area (TPSA) is 41.6 Å². The predicted octanol–water partition coefficient (Wildman–Crippen LogP) is 2.34. The van der Waals surface area contributed by atoms with Crippen LogP contribution in [0.25, 0.3) is 0 Å². The summed E-state index contributed by atoms with van der Waals surface area (Å²) >= 11 is 0. The van der Waals surface area contributed by atoms with E-state index in [1.165, 1.54) is 6.42 Å². The van der Waals surface area contributed by atoms with Gasteiger partial charge in [0.2, 0.25) is 0 Å². The molecule has 0 radical (unpaired) electrons. The molecular weight excluding hydrogens is 288 g/mol. The predicted molar refractivity (Wildman–Crippen MR) is 87.0 cm³/mol. The Labute approximate surface area is 133 Å². The highest BCUT2D eigenvalue weighted by molar-refractivity contribution is 5.85. The van der Waals surface area contributed by atoms with Crippen LogP contribution in [-0.4, -0.2) is 44.1 Å². The summed E-state index contributed by atoms with van der Waals surface area (Å²) in [6.45, 7) is 2.94. The number of para-hydroxylation sites is 1. The van der Waals surface area contributed by atoms with Crippen molar-refractivity contribution < 1.29 is 9.53 Å². The third kappa shape index (κ3) is 5.94. The van der Waals surface area contributed by atoms with Gasteiger partial charge in [-0.3, -0.25) is 4.79 Å². The van der Waals surface area contributed by atoms with E-state index in [-0.39, 0.29) is 24.9 Å². The zero-order valence-electron chi connectivity index (χ0n) is 12.6. The van der Waals surface area contributed by atoms with Crippen molar-refractivity contribution in [2.75, 3.05) is 33.3 Å². The van der Waals surface area contributed by atoms with Crippen LogP contribution < -0.4 is 10.1 Å². The number of benzene rings is 1. The fraction of sp³-hybridized carbons (Fsp3) is 0.562. The van der Waals surface area contributed by atoms with Crippen molar-refractivity contribution in [1.29, 1.82) is 0 Å². The van der Waals surface area contributed by atoms with E-state index in [9.17, 15) is 4.79 Å². The molecule has 0 unspecified atom stereocenters. The molecule has 1 heterocycles. The van der Waals surface area contributed by atoms with E-state index in [0.717, 1.165) is 44.1 Å². The molecule has 1 aromatic carbocycles. The van der Waals surface area contributed by atoms with E-state index in [1.807, 2.05) is 42.3 Å². The highest BCUT2D eigenvalue weighted by atomic mass is 35.5. The van der Waals surface area contributed by atoms with E-state index in [4.69, 9.17) is 4.74 Å². The molecule has 21 heavy (non-hydrogen) atoms. The Morgan fingerprint density at radius 3 is 2.57 bits per heavy atom. The average molecular weight is 313 g/mol. The number of rotatable bonds is 6. The largest absolute Gasteiger partial charge is 0.484 e. The van der Waals surface area contributed by atoms with Crippen LogP contribution in [0.15, 0.2) is 30.3 Å². The summed E-state index contributed by atoms with van der Waals surface area (Å²) in [4.78, 5) is 14.0. The van der Waals surface area contributed by atoms with Crippen LogP contribution in [0, 0.1) is 5.92 Å². The van der Waals surface area contributed by atoms with Crippen molar-refractivity contribution in [2.24, 2.45) is 5.92 Å². The van der Waals surface area contributed by atoms with Crippen LogP contribution in [-0.2, 0) is 4.79 Å². The van der Waals surface area contributed by atoms with Gasteiger partial charge in [-0.15, -0.1) is 12.4 Å². The van der Waals surface area contributed by atoms with Crippen molar-refractivity contribution in [3.05, 3.63) is 30.3 Å². The minimum Gasteiger partial charge on any atom is -0.484 e. The molecule has 1 aliphatic rings. The number of hydrogen-bond acceptors (Lipinski definition) is 3. The van der Waals surface area contributed by atoms with Crippen molar-refractivity contribution in [3.63, 3.8) is 0 Å². The van der Waals surface area contributed by atoms with Crippen LogP contribution >= 0.6 is 12.4 Å². The highest BCUT2D eigenvalue weighted by Gasteiger charge is 2.22. The highest BCUT2D eigenvalue weighted by Crippen LogP contribution is 2.20. The van der Waals surface area contributed by atoms with Gasteiger partial charge in [0.1, 0.15) is 5.75 Å². The quantitative estimate of drug-likeness (QED) is 0.876. The summed E-state index contributed by atoms with van der Waals surface area (Å²) in [5.41, 5.74) is 0. The molecule has 1 saturated heterocycles. The SMILES string of the molecule is CNCCC1CCN(C(=O)COc2ccccc2)CC1.Cl. The second kappa shape index (κ2) is 9.64. The Kier molecular flexibility index (Phi) is 8.16. The molecular formula is C16H25ClN2O2. The first-order chi connectivity index (χ1) is 9.79. The van der Waals surface area contributed by atoms with Crippen molar-refractivity contribution in [2.45, 2.75) is 19.3 Å². The van der Waals surface area contributed by atoms with Crippen LogP contribution in [0.2, 0.25) is 0 Å². The Morgan fingerprint density at radius 1 is 1.29 bits per heavy atom. The van der Waals surface area contributed by atoms with E-state index in [1.54, 1.807) is 0 Å². The molecule has 0 aromatic heterocycles. The lowest BCUT2D eigenvalue weighted by molar-refractivity contribution is -0.134. The minimum absolute atomic E-state index is 0. The lowest BCUT2D eigenvalue weighted by atomic mass is 9.93. The van der Waals surface area contributed by atoms with Crippen molar-refractivity contribution in [3.8, 4) is 5.75 Å². The lowest BCUT2D eigenvalue weighted by Crippen LogP contribution is -2.41. The van der Waals surface area contributed by atoms with Gasteiger partial charge in [0.05, 0.1) is 0 Å². The molecule has 1 N–H and O–H groups in total. The van der Waals surface area contributed by atoms with Gasteiger partial charge in [-0.1, -0.05) is 18.2 Å². The van der Waals surface area contributed by atoms with E-state index < -0.39 is 0 Å². The molecule has 5 heteroatoms. The lowest BCUT2D eigenvalue weighted by Gasteiger charge is -2.32. The number of nitrogens with one attached hydrogen (secondary N) is 1. The summed E-state index contributed by atoms with van der Waals surface area (Å²) in [7, 11) is 1.99. The van der Waals surface area contributed by atoms with Gasteiger partial charge in [0.15, 0.2) is 6.61 Å². The van der Waals surface area contributed by atoms with Gasteiger partial charge >= 0.3 is 0 Å². The van der Waals surface area contributed by atoms with Crippen molar-refractivity contribution >= 4 is 18.3 Å². The zero-order valence-corrected chi connectivity index (χ0v) is 13.4. The zero-order chi connectivity index (χ0) is 14.2. The number of ether oxygens (including phenoxy) is 1. The molecule has 0 saturated carbocycles. The molecule has 0 aliphatic carbocycles. The fourth-order valence-electron chi connectivity index (χ4n) is 2.57. The smallest absolute Gasteiger partial charge is 0.260 e. The third-order valence-corrected chi connectivity index (χ3v) is 3.88. The van der Waals surface area contributed by atoms with Gasteiger partial charge in [-0.25, -0.2) is 0 Å². The van der Waals surface area contributed by atoms with E-state index >= 15 is 0 Å². The maximum atomic E-state index is 12.1. The fourth-order valence-corrected chi connectivity index (χ4v) is 2.57. The average Bonchev–Trinajstić information content (AvgIpc) is 2.52. The maximum absolute atomic E-state index is 12.1. The molecule has 1 aromatic rings. The first-order valence-corrected chi connectivity index (χ1v) is 7.40. The van der Waals surface area contributed by atoms with Crippen molar-refractivity contribution in [1.82, 2.24) is 10.2 Å². The standard InChI is InChI=1S/C16H24N2O2.ClH/c1-17-10-7-14-8-11-18(12-9-14)16(19)13-20-15-5-3-2-4-6-15;/h2-6,14,17H,7-13H2,1H3;1H. The molecule has 118 valence electrons. The normalized spacial score (nSPS) is 15.4. The van der Waals surface area contributed by atoms with Gasteiger partial charge < -0.3 is 15.0 Å². The van der Waals surface area contributed by atoms with Crippen LogP contribution in [0.3, 0.4) is 0 Å². The third-order valence-electron chi connectivity index (χ3n) is 3.88. The second-order valence-corrected chi connectivity index (χ2v) is 5.32. The van der Waals surface area contributed by atoms with Gasteiger partial charge in [-0.05, 0) is 50.9 Å². The minimum atomic E-state index is 0. The van der Waals surface area contributed by atoms with Gasteiger partial charge in [0.25, 0.3) is 5.91 Å². The summed E-state index contributed by atoms with van der Waals surface area (Å²) in [5, 5.41) is 3.19. The molecule has 1 fully saturated rings. The number of carbonyl (C=O) groups excluding carboxylic acids is 1. The van der Waals surface area contributed by atoms with E-state index in [0.29, 0.717) is 0 Å². The number of likely N-dealkylation sites (tertiary alicyclic amines) is 1. The Morgan fingerprint density at radius 2 is 1.95 bits per heavy atom. The first-order valence-electron chi connectivity index (χ1n) is 7.40. The number of piperidine rings is 1. The summed E-state index contributed by atoms with van der Waals surface area (Å²) in [6.07, 6.45) is 3.43. The molecule has 4 nitrogen and oxygen atoms in total. The monoisotopic (exact) mass is 312 g/mol. The summed E-state index contributed by atoms with van der Waals surface area (Å²) in [6, 6.07) is 9.50. The van der Waals surface area contributed by atoms with E-state index in [2.05, 4.69) is 5.32 Å². The molecule has 2 rings (SSSR count). The Bertz CT molecular complexity index is 406. The number of carbonyl (C=O) groups is 1. The van der Waals surface area contributed by atoms with Crippen LogP contribution in [0.1, 0.15) is 19.3 Å². The number of hydrogen-bond donors (Lipinski definition) is 1. The maximum Gasteiger partial charge on any atom is 0.260 e. The molecule has 0 spiro atoms. The summed E-state index contributed by atoms with van der Waals surface area (Å²) in [5.74, 6) is 1.60. The molecule has 0 bridgehead atoms. The second-order valence-electron chi connectivity index (χ2n) is 5.32. The molecule has 1 aliphatic heterocycles. The van der Waals surface area contributed by atoms with Gasteiger partial charge in [-0.2, -0.15) is 0 Å². The van der Waals surface area contributed by atoms with Crippen LogP contribution in [0.4, 0.5) is 0 Å².